The second kappa shape index (κ2) is 46.4. The van der Waals surface area contributed by atoms with Gasteiger partial charge < -0.3 is 39.4 Å². The first-order chi connectivity index (χ1) is 31.8. The molecule has 4 N–H and O–H groups in total. The fraction of sp³-hybridized carbons (Fsp3) is 0.964. The van der Waals surface area contributed by atoms with Gasteiger partial charge in [-0.25, -0.2) is 0 Å². The van der Waals surface area contributed by atoms with Gasteiger partial charge in [0.2, 0.25) is 0 Å². The van der Waals surface area contributed by atoms with Crippen LogP contribution in [-0.2, 0) is 28.5 Å². The van der Waals surface area contributed by atoms with Crippen LogP contribution in [-0.4, -0.2) is 89.0 Å². The third kappa shape index (κ3) is 37.3. The summed E-state index contributed by atoms with van der Waals surface area (Å²) in [5, 5.41) is 40.3. The van der Waals surface area contributed by atoms with Crippen molar-refractivity contribution in [2.75, 3.05) is 19.8 Å². The van der Waals surface area contributed by atoms with Crippen LogP contribution in [0, 0.1) is 0 Å². The lowest BCUT2D eigenvalue weighted by atomic mass is 9.99. The van der Waals surface area contributed by atoms with Crippen LogP contribution in [0.1, 0.15) is 284 Å². The van der Waals surface area contributed by atoms with E-state index in [9.17, 15) is 30.0 Å². The molecule has 0 aromatic carbocycles. The summed E-state index contributed by atoms with van der Waals surface area (Å²) in [6.07, 6.45) is 44.0. The van der Waals surface area contributed by atoms with Gasteiger partial charge in [-0.2, -0.15) is 0 Å². The van der Waals surface area contributed by atoms with Crippen LogP contribution in [0.25, 0.3) is 0 Å². The lowest BCUT2D eigenvalue weighted by Gasteiger charge is -2.39. The fourth-order valence-electron chi connectivity index (χ4n) is 9.08. The number of aliphatic hydroxyl groups excluding tert-OH is 4. The van der Waals surface area contributed by atoms with Gasteiger partial charge >= 0.3 is 11.9 Å². The van der Waals surface area contributed by atoms with Crippen molar-refractivity contribution in [1.82, 2.24) is 0 Å². The molecule has 0 aromatic heterocycles. The Morgan fingerprint density at radius 1 is 0.415 bits per heavy atom. The van der Waals surface area contributed by atoms with Gasteiger partial charge in [0.1, 0.15) is 31.0 Å². The molecule has 1 aliphatic rings. The fourth-order valence-corrected chi connectivity index (χ4v) is 9.08. The van der Waals surface area contributed by atoms with E-state index in [0.29, 0.717) is 6.42 Å². The molecule has 10 heteroatoms. The second-order valence-electron chi connectivity index (χ2n) is 19.8. The molecule has 0 bridgehead atoms. The summed E-state index contributed by atoms with van der Waals surface area (Å²) in [6, 6.07) is 0. The molecule has 1 heterocycles. The zero-order valence-electron chi connectivity index (χ0n) is 42.5. The first-order valence-electron chi connectivity index (χ1n) is 28.1. The topological polar surface area (TPSA) is 152 Å². The Balaban J connectivity index is 2.19. The minimum atomic E-state index is -1.59. The van der Waals surface area contributed by atoms with E-state index in [1.54, 1.807) is 0 Å². The van der Waals surface area contributed by atoms with E-state index in [1.807, 2.05) is 0 Å². The van der Waals surface area contributed by atoms with E-state index in [0.717, 1.165) is 32.1 Å². The smallest absolute Gasteiger partial charge is 0.306 e. The largest absolute Gasteiger partial charge is 0.462 e. The van der Waals surface area contributed by atoms with Crippen LogP contribution < -0.4 is 0 Å². The number of carbonyl (C=O) groups excluding carboxylic acids is 2. The SMILES string of the molecule is CCCCCCCCCCCCCCCCCCCCCCCCC(=O)OC(COC(=O)CCCCCCCCCCCCCCCCCCCC)COC1OC(CO)C(O)C(O)C1O. The van der Waals surface area contributed by atoms with Crippen molar-refractivity contribution in [1.29, 1.82) is 0 Å². The number of aliphatic hydroxyl groups is 4. The number of hydrogen-bond donors (Lipinski definition) is 4. The van der Waals surface area contributed by atoms with Crippen molar-refractivity contribution >= 4 is 11.9 Å². The Labute approximate surface area is 399 Å². The molecule has 1 rings (SSSR count). The van der Waals surface area contributed by atoms with Gasteiger partial charge in [0, 0.05) is 12.8 Å². The second-order valence-corrected chi connectivity index (χ2v) is 19.8. The van der Waals surface area contributed by atoms with Crippen LogP contribution in [0.2, 0.25) is 0 Å². The van der Waals surface area contributed by atoms with Crippen LogP contribution in [0.3, 0.4) is 0 Å². The summed E-state index contributed by atoms with van der Waals surface area (Å²) in [7, 11) is 0. The average molecular weight is 927 g/mol. The Hall–Kier alpha value is -1.30. The van der Waals surface area contributed by atoms with Crippen molar-refractivity contribution < 1.29 is 49.0 Å². The molecule has 1 aliphatic heterocycles. The summed E-state index contributed by atoms with van der Waals surface area (Å²) in [4.78, 5) is 25.5. The molecule has 386 valence electrons. The van der Waals surface area contributed by atoms with E-state index in [2.05, 4.69) is 13.8 Å². The molecule has 1 fully saturated rings. The highest BCUT2D eigenvalue weighted by molar-refractivity contribution is 5.70. The summed E-state index contributed by atoms with van der Waals surface area (Å²) in [6.45, 7) is 3.50. The summed E-state index contributed by atoms with van der Waals surface area (Å²) < 4.78 is 22.3. The maximum absolute atomic E-state index is 12.9. The normalized spacial score (nSPS) is 19.1. The highest BCUT2D eigenvalue weighted by Crippen LogP contribution is 2.23. The van der Waals surface area contributed by atoms with Gasteiger partial charge in [0.05, 0.1) is 13.2 Å². The third-order valence-corrected chi connectivity index (χ3v) is 13.5. The molecule has 65 heavy (non-hydrogen) atoms. The zero-order chi connectivity index (χ0) is 47.3. The Kier molecular flexibility index (Phi) is 44.1. The molecule has 0 saturated carbocycles. The van der Waals surface area contributed by atoms with Gasteiger partial charge in [0.25, 0.3) is 0 Å². The number of esters is 2. The third-order valence-electron chi connectivity index (χ3n) is 13.5. The summed E-state index contributed by atoms with van der Waals surface area (Å²) in [5.74, 6) is -0.782. The van der Waals surface area contributed by atoms with Gasteiger partial charge in [-0.1, -0.05) is 258 Å². The Morgan fingerprint density at radius 2 is 0.723 bits per heavy atom. The molecule has 0 aromatic rings. The van der Waals surface area contributed by atoms with E-state index in [4.69, 9.17) is 18.9 Å². The van der Waals surface area contributed by atoms with Gasteiger partial charge in [-0.3, -0.25) is 9.59 Å². The summed E-state index contributed by atoms with van der Waals surface area (Å²) >= 11 is 0. The van der Waals surface area contributed by atoms with E-state index in [1.165, 1.54) is 218 Å². The highest BCUT2D eigenvalue weighted by Gasteiger charge is 2.44. The van der Waals surface area contributed by atoms with Crippen LogP contribution in [0.15, 0.2) is 0 Å². The molecular weight excluding hydrogens is 821 g/mol. The Bertz CT molecular complexity index is 1030. The monoisotopic (exact) mass is 927 g/mol. The molecule has 10 nitrogen and oxygen atoms in total. The molecule has 0 radical (unpaired) electrons. The number of ether oxygens (including phenoxy) is 4. The number of carbonyl (C=O) groups is 2. The predicted octanol–water partition coefficient (Wildman–Crippen LogP) is 13.7. The average Bonchev–Trinajstić information content (AvgIpc) is 3.30. The zero-order valence-corrected chi connectivity index (χ0v) is 42.5. The lowest BCUT2D eigenvalue weighted by molar-refractivity contribution is -0.305. The maximum Gasteiger partial charge on any atom is 0.306 e. The molecule has 1 saturated heterocycles. The molecular formula is C55H106O10. The summed E-state index contributed by atoms with van der Waals surface area (Å²) in [5.41, 5.74) is 0. The van der Waals surface area contributed by atoms with E-state index in [-0.39, 0.29) is 32.0 Å². The number of rotatable bonds is 49. The molecule has 0 spiro atoms. The quantitative estimate of drug-likeness (QED) is 0.0343. The number of hydrogen-bond acceptors (Lipinski definition) is 10. The van der Waals surface area contributed by atoms with Crippen LogP contribution in [0.5, 0.6) is 0 Å². The first kappa shape index (κ1) is 61.7. The molecule has 0 amide bonds. The Morgan fingerprint density at radius 3 is 1.05 bits per heavy atom. The molecule has 6 unspecified atom stereocenters. The van der Waals surface area contributed by atoms with Crippen molar-refractivity contribution in [2.24, 2.45) is 0 Å². The van der Waals surface area contributed by atoms with E-state index < -0.39 is 49.4 Å². The molecule has 0 aliphatic carbocycles. The minimum absolute atomic E-state index is 0.208. The lowest BCUT2D eigenvalue weighted by Crippen LogP contribution is -2.59. The van der Waals surface area contributed by atoms with Crippen LogP contribution >= 0.6 is 0 Å². The van der Waals surface area contributed by atoms with Gasteiger partial charge in [0.15, 0.2) is 12.4 Å². The standard InChI is InChI=1S/C55H106O10/c1-3-5-7-9-11-13-15-17-19-21-23-24-25-26-28-30-32-34-36-38-40-42-44-51(58)64-48(47-63-55-54(61)53(60)52(59)49(45-56)65-55)46-62-50(57)43-41-39-37-35-33-31-29-27-22-20-18-16-14-12-10-8-6-4-2/h48-49,52-56,59-61H,3-47H2,1-2H3. The van der Waals surface area contributed by atoms with Gasteiger partial charge in [-0.15, -0.1) is 0 Å². The highest BCUT2D eigenvalue weighted by atomic mass is 16.7. The minimum Gasteiger partial charge on any atom is -0.462 e. The van der Waals surface area contributed by atoms with Crippen molar-refractivity contribution in [3.05, 3.63) is 0 Å². The first-order valence-corrected chi connectivity index (χ1v) is 28.1. The van der Waals surface area contributed by atoms with Gasteiger partial charge in [-0.05, 0) is 12.8 Å². The van der Waals surface area contributed by atoms with Crippen molar-refractivity contribution in [2.45, 2.75) is 320 Å². The van der Waals surface area contributed by atoms with E-state index >= 15 is 0 Å². The van der Waals surface area contributed by atoms with Crippen LogP contribution in [0.4, 0.5) is 0 Å². The number of unbranched alkanes of at least 4 members (excludes halogenated alkanes) is 38. The van der Waals surface area contributed by atoms with Crippen molar-refractivity contribution in [3.63, 3.8) is 0 Å². The molecule has 6 atom stereocenters. The maximum atomic E-state index is 12.9. The predicted molar refractivity (Wildman–Crippen MR) is 266 cm³/mol. The van der Waals surface area contributed by atoms with Crippen molar-refractivity contribution in [3.8, 4) is 0 Å².